The van der Waals surface area contributed by atoms with Crippen LogP contribution >= 0.6 is 0 Å². The van der Waals surface area contributed by atoms with E-state index in [1.165, 1.54) is 6.42 Å². The molecule has 2 unspecified atom stereocenters. The number of nitrogens with two attached hydrogens (primary N) is 1. The molecule has 3 N–H and O–H groups in total. The Morgan fingerprint density at radius 2 is 2.35 bits per heavy atom. The molecule has 1 spiro atoms. The number of hydrogen-bond acceptors (Lipinski definition) is 4. The van der Waals surface area contributed by atoms with Crippen LogP contribution in [0, 0.1) is 5.41 Å². The van der Waals surface area contributed by atoms with Crippen LogP contribution in [-0.4, -0.2) is 30.1 Å². The quantitative estimate of drug-likeness (QED) is 0.866. The fraction of sp³-hybridized carbons (Fsp3) is 0.600. The van der Waals surface area contributed by atoms with Crippen LogP contribution in [0.25, 0.3) is 0 Å². The fourth-order valence-electron chi connectivity index (χ4n) is 3.43. The molecule has 2 aliphatic rings. The number of pyridine rings is 1. The second kappa shape index (κ2) is 5.14. The van der Waals surface area contributed by atoms with E-state index < -0.39 is 0 Å². The molecule has 5 heteroatoms. The molecule has 20 heavy (non-hydrogen) atoms. The van der Waals surface area contributed by atoms with Crippen molar-refractivity contribution in [2.24, 2.45) is 11.1 Å². The number of nitrogens with zero attached hydrogens (tertiary/aromatic N) is 1. The predicted molar refractivity (Wildman–Crippen MR) is 75.1 cm³/mol. The summed E-state index contributed by atoms with van der Waals surface area (Å²) in [6.07, 6.45) is 7.71. The SMILES string of the molecule is COCc1cncc(C(=O)NC2CC(N)C23CCC3)c1. The molecule has 0 aliphatic heterocycles. The molecule has 2 saturated carbocycles. The van der Waals surface area contributed by atoms with Gasteiger partial charge in [0, 0.05) is 37.0 Å². The third-order valence-electron chi connectivity index (χ3n) is 4.88. The minimum Gasteiger partial charge on any atom is -0.380 e. The standard InChI is InChI=1S/C15H21N3O2/c1-20-9-10-5-11(8-17-7-10)14(19)18-13-6-12(16)15(13)3-2-4-15/h5,7-8,12-13H,2-4,6,9,16H2,1H3,(H,18,19). The predicted octanol–water partition coefficient (Wildman–Crippen LogP) is 1.23. The van der Waals surface area contributed by atoms with Crippen molar-refractivity contribution in [3.8, 4) is 0 Å². The fourth-order valence-corrected chi connectivity index (χ4v) is 3.43. The van der Waals surface area contributed by atoms with Crippen LogP contribution in [0.3, 0.4) is 0 Å². The number of nitrogens with one attached hydrogen (secondary N) is 1. The summed E-state index contributed by atoms with van der Waals surface area (Å²) in [5.74, 6) is -0.0568. The Balaban J connectivity index is 1.66. The van der Waals surface area contributed by atoms with Gasteiger partial charge in [-0.25, -0.2) is 0 Å². The lowest BCUT2D eigenvalue weighted by molar-refractivity contribution is -0.0389. The highest BCUT2D eigenvalue weighted by molar-refractivity contribution is 5.94. The van der Waals surface area contributed by atoms with Crippen molar-refractivity contribution < 1.29 is 9.53 Å². The summed E-state index contributed by atoms with van der Waals surface area (Å²) in [5.41, 5.74) is 7.78. The molecule has 0 aromatic carbocycles. The summed E-state index contributed by atoms with van der Waals surface area (Å²) < 4.78 is 5.06. The van der Waals surface area contributed by atoms with Gasteiger partial charge in [0.25, 0.3) is 5.91 Å². The Morgan fingerprint density at radius 1 is 1.55 bits per heavy atom. The van der Waals surface area contributed by atoms with Crippen molar-refractivity contribution in [1.29, 1.82) is 0 Å². The maximum Gasteiger partial charge on any atom is 0.253 e. The van der Waals surface area contributed by atoms with Crippen LogP contribution < -0.4 is 11.1 Å². The molecule has 1 heterocycles. The van der Waals surface area contributed by atoms with Crippen LogP contribution in [0.5, 0.6) is 0 Å². The number of aromatic nitrogens is 1. The molecular formula is C15H21N3O2. The van der Waals surface area contributed by atoms with Crippen molar-refractivity contribution in [3.05, 3.63) is 29.6 Å². The van der Waals surface area contributed by atoms with Crippen molar-refractivity contribution in [3.63, 3.8) is 0 Å². The highest BCUT2D eigenvalue weighted by Gasteiger charge is 2.57. The molecule has 1 amide bonds. The highest BCUT2D eigenvalue weighted by atomic mass is 16.5. The van der Waals surface area contributed by atoms with E-state index in [1.54, 1.807) is 19.5 Å². The van der Waals surface area contributed by atoms with Crippen molar-refractivity contribution >= 4 is 5.91 Å². The number of ether oxygens (including phenoxy) is 1. The molecule has 1 aromatic rings. The third kappa shape index (κ3) is 2.11. The van der Waals surface area contributed by atoms with Crippen LogP contribution in [0.4, 0.5) is 0 Å². The average molecular weight is 275 g/mol. The molecular weight excluding hydrogens is 254 g/mol. The first-order valence-corrected chi connectivity index (χ1v) is 7.15. The number of hydrogen-bond donors (Lipinski definition) is 2. The molecule has 2 aliphatic carbocycles. The number of rotatable bonds is 4. The Labute approximate surface area is 118 Å². The molecule has 2 atom stereocenters. The second-order valence-electron chi connectivity index (χ2n) is 5.97. The Morgan fingerprint density at radius 3 is 2.95 bits per heavy atom. The lowest BCUT2D eigenvalue weighted by Crippen LogP contribution is -2.69. The maximum atomic E-state index is 12.3. The average Bonchev–Trinajstić information content (AvgIpc) is 2.36. The Hall–Kier alpha value is -1.46. The molecule has 0 bridgehead atoms. The number of amides is 1. The van der Waals surface area contributed by atoms with E-state index in [2.05, 4.69) is 10.3 Å². The largest absolute Gasteiger partial charge is 0.380 e. The first kappa shape index (κ1) is 13.5. The summed E-state index contributed by atoms with van der Waals surface area (Å²) >= 11 is 0. The Kier molecular flexibility index (Phi) is 3.48. The molecule has 3 rings (SSSR count). The first-order valence-electron chi connectivity index (χ1n) is 7.15. The van der Waals surface area contributed by atoms with Gasteiger partial charge in [-0.05, 0) is 30.9 Å². The molecule has 0 radical (unpaired) electrons. The van der Waals surface area contributed by atoms with E-state index in [4.69, 9.17) is 10.5 Å². The molecule has 5 nitrogen and oxygen atoms in total. The van der Waals surface area contributed by atoms with Gasteiger partial charge in [-0.2, -0.15) is 0 Å². The summed E-state index contributed by atoms with van der Waals surface area (Å²) in [7, 11) is 1.63. The van der Waals surface area contributed by atoms with Crippen molar-refractivity contribution in [2.75, 3.05) is 7.11 Å². The van der Waals surface area contributed by atoms with E-state index in [1.807, 2.05) is 6.07 Å². The van der Waals surface area contributed by atoms with Crippen LogP contribution in [0.1, 0.15) is 41.6 Å². The maximum absolute atomic E-state index is 12.3. The smallest absolute Gasteiger partial charge is 0.253 e. The minimum absolute atomic E-state index is 0.0568. The van der Waals surface area contributed by atoms with E-state index in [0.29, 0.717) is 12.2 Å². The van der Waals surface area contributed by atoms with Gasteiger partial charge in [-0.1, -0.05) is 6.42 Å². The van der Waals surface area contributed by atoms with Gasteiger partial charge in [0.05, 0.1) is 12.2 Å². The van der Waals surface area contributed by atoms with E-state index in [0.717, 1.165) is 24.8 Å². The molecule has 108 valence electrons. The third-order valence-corrected chi connectivity index (χ3v) is 4.88. The first-order chi connectivity index (χ1) is 9.65. The highest BCUT2D eigenvalue weighted by Crippen LogP contribution is 2.55. The monoisotopic (exact) mass is 275 g/mol. The van der Waals surface area contributed by atoms with E-state index >= 15 is 0 Å². The molecule has 1 aromatic heterocycles. The topological polar surface area (TPSA) is 77.2 Å². The van der Waals surface area contributed by atoms with E-state index in [-0.39, 0.29) is 23.4 Å². The lowest BCUT2D eigenvalue weighted by Gasteiger charge is -2.60. The van der Waals surface area contributed by atoms with Crippen LogP contribution in [-0.2, 0) is 11.3 Å². The van der Waals surface area contributed by atoms with Gasteiger partial charge in [0.15, 0.2) is 0 Å². The summed E-state index contributed by atoms with van der Waals surface area (Å²) in [6.45, 7) is 0.465. The van der Waals surface area contributed by atoms with Crippen LogP contribution in [0.15, 0.2) is 18.5 Å². The Bertz CT molecular complexity index is 514. The summed E-state index contributed by atoms with van der Waals surface area (Å²) in [5, 5.41) is 3.13. The zero-order chi connectivity index (χ0) is 14.2. The lowest BCUT2D eigenvalue weighted by atomic mass is 9.50. The van der Waals surface area contributed by atoms with Gasteiger partial charge in [0.1, 0.15) is 0 Å². The second-order valence-corrected chi connectivity index (χ2v) is 5.97. The van der Waals surface area contributed by atoms with Gasteiger partial charge < -0.3 is 15.8 Å². The van der Waals surface area contributed by atoms with Gasteiger partial charge in [-0.15, -0.1) is 0 Å². The summed E-state index contributed by atoms with van der Waals surface area (Å²) in [6, 6.07) is 2.31. The van der Waals surface area contributed by atoms with Gasteiger partial charge in [-0.3, -0.25) is 9.78 Å². The van der Waals surface area contributed by atoms with Crippen LogP contribution in [0.2, 0.25) is 0 Å². The zero-order valence-electron chi connectivity index (χ0n) is 11.8. The minimum atomic E-state index is -0.0568. The number of carbonyl (C=O) groups excluding carboxylic acids is 1. The molecule has 2 fully saturated rings. The van der Waals surface area contributed by atoms with Gasteiger partial charge >= 0.3 is 0 Å². The van der Waals surface area contributed by atoms with Gasteiger partial charge in [0.2, 0.25) is 0 Å². The van der Waals surface area contributed by atoms with Crippen molar-refractivity contribution in [2.45, 2.75) is 44.4 Å². The summed E-state index contributed by atoms with van der Waals surface area (Å²) in [4.78, 5) is 16.4. The van der Waals surface area contributed by atoms with Crippen molar-refractivity contribution in [1.82, 2.24) is 10.3 Å². The molecule has 0 saturated heterocycles. The number of carbonyl (C=O) groups is 1. The van der Waals surface area contributed by atoms with E-state index in [9.17, 15) is 4.79 Å². The normalized spacial score (nSPS) is 26.7. The zero-order valence-corrected chi connectivity index (χ0v) is 11.8. The number of methoxy groups -OCH3 is 1.